The van der Waals surface area contributed by atoms with Crippen molar-refractivity contribution in [3.05, 3.63) is 95.1 Å². The molecule has 3 aromatic rings. The fraction of sp³-hybridized carbons (Fsp3) is 0.447. The van der Waals surface area contributed by atoms with Gasteiger partial charge < -0.3 is 14.1 Å². The number of benzene rings is 3. The second-order valence-corrected chi connectivity index (χ2v) is 19.2. The number of carbonyl (C=O) groups is 1. The Bertz CT molecular complexity index is 1460. The molecular weight excluding hydrogens is 595 g/mol. The minimum Gasteiger partial charge on any atom is -0.481 e. The number of rotatable bonds is 12. The monoisotopic (exact) mass is 644 g/mol. The molecule has 45 heavy (non-hydrogen) atoms. The Labute approximate surface area is 271 Å². The van der Waals surface area contributed by atoms with Gasteiger partial charge in [0.05, 0.1) is 12.5 Å². The molecule has 1 saturated carbocycles. The van der Waals surface area contributed by atoms with Crippen LogP contribution in [0.3, 0.4) is 0 Å². The van der Waals surface area contributed by atoms with Crippen LogP contribution in [0.4, 0.5) is 0 Å². The van der Waals surface area contributed by atoms with E-state index >= 15 is 0 Å². The molecule has 2 unspecified atom stereocenters. The van der Waals surface area contributed by atoms with Gasteiger partial charge in [-0.1, -0.05) is 143 Å². The van der Waals surface area contributed by atoms with Crippen molar-refractivity contribution in [2.45, 2.75) is 90.7 Å². The molecule has 2 atom stereocenters. The zero-order valence-electron chi connectivity index (χ0n) is 27.5. The van der Waals surface area contributed by atoms with E-state index in [4.69, 9.17) is 8.95 Å². The molecule has 1 N–H and O–H groups in total. The van der Waals surface area contributed by atoms with Gasteiger partial charge in [-0.2, -0.15) is 0 Å². The van der Waals surface area contributed by atoms with E-state index < -0.39 is 28.4 Å². The lowest BCUT2D eigenvalue weighted by atomic mass is 9.83. The minimum atomic E-state index is -3.03. The Hall–Kier alpha value is -2.94. The molecule has 1 fully saturated rings. The Balaban J connectivity index is 1.53. The predicted octanol–water partition coefficient (Wildman–Crippen LogP) is 7.69. The van der Waals surface area contributed by atoms with Gasteiger partial charge in [0, 0.05) is 11.7 Å². The number of carboxylic acids is 1. The lowest BCUT2D eigenvalue weighted by Crippen LogP contribution is -2.68. The van der Waals surface area contributed by atoms with E-state index in [2.05, 4.69) is 82.9 Å². The molecule has 0 heterocycles. The highest BCUT2D eigenvalue weighted by molar-refractivity contribution is 7.39. The SMILES string of the molecule is Cc1cc(C)c(C#CCO[PH](=O)CC(CC(=O)O)O[Si](c2ccccc2)(c2ccccc2)C(C)(C)C)c(CC2CCCCC2)c1. The Morgan fingerprint density at radius 3 is 2.13 bits per heavy atom. The molecule has 0 spiro atoms. The summed E-state index contributed by atoms with van der Waals surface area (Å²) in [5, 5.41) is 11.6. The van der Waals surface area contributed by atoms with Crippen molar-refractivity contribution in [3.8, 4) is 11.8 Å². The number of hydrogen-bond donors (Lipinski definition) is 1. The molecule has 1 aliphatic carbocycles. The molecule has 3 aromatic carbocycles. The first-order valence-electron chi connectivity index (χ1n) is 16.2. The highest BCUT2D eigenvalue weighted by Crippen LogP contribution is 2.39. The summed E-state index contributed by atoms with van der Waals surface area (Å²) in [5.41, 5.74) is 4.74. The van der Waals surface area contributed by atoms with Gasteiger partial charge >= 0.3 is 5.97 Å². The Morgan fingerprint density at radius 2 is 1.58 bits per heavy atom. The van der Waals surface area contributed by atoms with Gasteiger partial charge in [-0.3, -0.25) is 9.36 Å². The van der Waals surface area contributed by atoms with Gasteiger partial charge in [-0.05, 0) is 52.7 Å². The van der Waals surface area contributed by atoms with Crippen molar-refractivity contribution in [2.24, 2.45) is 5.92 Å². The quantitative estimate of drug-likeness (QED) is 0.124. The molecule has 0 radical (unpaired) electrons. The van der Waals surface area contributed by atoms with Crippen LogP contribution in [0.25, 0.3) is 0 Å². The average Bonchev–Trinajstić information content (AvgIpc) is 2.99. The summed E-state index contributed by atoms with van der Waals surface area (Å²) in [6.45, 7) is 10.7. The molecule has 1 aliphatic rings. The summed E-state index contributed by atoms with van der Waals surface area (Å²) >= 11 is 0. The first-order chi connectivity index (χ1) is 21.5. The lowest BCUT2D eigenvalue weighted by molar-refractivity contribution is -0.138. The summed E-state index contributed by atoms with van der Waals surface area (Å²) in [6.07, 6.45) is 6.51. The molecule has 0 aromatic heterocycles. The van der Waals surface area contributed by atoms with Gasteiger partial charge in [0.15, 0.2) is 8.03 Å². The molecule has 0 saturated heterocycles. The standard InChI is InChI=1S/C38H49O5PSi/c1-29-24-30(2)36(32(25-29)26-31-16-9-6-10-17-31)22-15-23-42-44(41)28-33(27-37(39)40)43-45(38(3,4)5,34-18-11-7-12-19-34)35-20-13-8-14-21-35/h7-8,11-14,18-21,24-25,31,33,44H,6,9-10,16-17,23,26-28H2,1-5H3,(H,39,40). The third-order valence-electron chi connectivity index (χ3n) is 8.87. The highest BCUT2D eigenvalue weighted by Gasteiger charge is 2.51. The van der Waals surface area contributed by atoms with Crippen LogP contribution in [0.5, 0.6) is 0 Å². The zero-order chi connectivity index (χ0) is 32.5. The van der Waals surface area contributed by atoms with Crippen molar-refractivity contribution in [1.82, 2.24) is 0 Å². The lowest BCUT2D eigenvalue weighted by Gasteiger charge is -2.45. The zero-order valence-corrected chi connectivity index (χ0v) is 29.5. The van der Waals surface area contributed by atoms with Gasteiger partial charge in [-0.15, -0.1) is 0 Å². The van der Waals surface area contributed by atoms with Crippen molar-refractivity contribution >= 4 is 32.7 Å². The van der Waals surface area contributed by atoms with E-state index in [0.29, 0.717) is 5.92 Å². The summed E-state index contributed by atoms with van der Waals surface area (Å²) < 4.78 is 26.1. The van der Waals surface area contributed by atoms with E-state index in [1.165, 1.54) is 43.2 Å². The van der Waals surface area contributed by atoms with Crippen LogP contribution >= 0.6 is 8.03 Å². The van der Waals surface area contributed by atoms with E-state index in [1.54, 1.807) is 0 Å². The molecule has 5 nitrogen and oxygen atoms in total. The topological polar surface area (TPSA) is 72.8 Å². The van der Waals surface area contributed by atoms with Crippen molar-refractivity contribution in [2.75, 3.05) is 12.8 Å². The first kappa shape index (κ1) is 34.9. The number of carboxylic acid groups (broad SMARTS) is 1. The third kappa shape index (κ3) is 9.30. The van der Waals surface area contributed by atoms with Gasteiger partial charge in [0.2, 0.25) is 0 Å². The second-order valence-electron chi connectivity index (χ2n) is 13.5. The van der Waals surface area contributed by atoms with Crippen LogP contribution in [0.15, 0.2) is 72.8 Å². The van der Waals surface area contributed by atoms with Crippen molar-refractivity contribution < 1.29 is 23.4 Å². The first-order valence-corrected chi connectivity index (χ1v) is 19.7. The molecule has 0 bridgehead atoms. The number of hydrogen-bond acceptors (Lipinski definition) is 4. The maximum absolute atomic E-state index is 13.3. The third-order valence-corrected chi connectivity index (χ3v) is 15.2. The van der Waals surface area contributed by atoms with Gasteiger partial charge in [0.1, 0.15) is 6.61 Å². The highest BCUT2D eigenvalue weighted by atomic mass is 31.1. The molecule has 0 amide bonds. The Kier molecular flexibility index (Phi) is 12.5. The molecule has 240 valence electrons. The number of aliphatic carboxylic acids is 1. The maximum atomic E-state index is 13.3. The summed E-state index contributed by atoms with van der Waals surface area (Å²) in [7, 11) is -5.67. The van der Waals surface area contributed by atoms with Crippen LogP contribution in [0, 0.1) is 31.6 Å². The largest absolute Gasteiger partial charge is 0.481 e. The normalized spacial score (nSPS) is 15.6. The summed E-state index contributed by atoms with van der Waals surface area (Å²) in [6, 6.07) is 24.6. The van der Waals surface area contributed by atoms with Crippen LogP contribution in [-0.2, 0) is 24.7 Å². The van der Waals surface area contributed by atoms with Crippen LogP contribution in [-0.4, -0.2) is 38.3 Å². The van der Waals surface area contributed by atoms with Crippen LogP contribution in [0.2, 0.25) is 5.04 Å². The smallest absolute Gasteiger partial charge is 0.305 e. The van der Waals surface area contributed by atoms with E-state index in [0.717, 1.165) is 27.9 Å². The van der Waals surface area contributed by atoms with Crippen LogP contribution in [0.1, 0.15) is 81.5 Å². The van der Waals surface area contributed by atoms with Crippen molar-refractivity contribution in [3.63, 3.8) is 0 Å². The molecule has 0 aliphatic heterocycles. The van der Waals surface area contributed by atoms with E-state index in [1.807, 2.05) is 36.4 Å². The summed E-state index contributed by atoms with van der Waals surface area (Å²) in [4.78, 5) is 12.0. The van der Waals surface area contributed by atoms with Gasteiger partial charge in [0.25, 0.3) is 8.32 Å². The maximum Gasteiger partial charge on any atom is 0.305 e. The second kappa shape index (κ2) is 16.1. The summed E-state index contributed by atoms with van der Waals surface area (Å²) in [5.74, 6) is 6.15. The molecule has 4 rings (SSSR count). The van der Waals surface area contributed by atoms with Crippen molar-refractivity contribution in [1.29, 1.82) is 0 Å². The van der Waals surface area contributed by atoms with E-state index in [9.17, 15) is 14.5 Å². The van der Waals surface area contributed by atoms with Crippen LogP contribution < -0.4 is 10.4 Å². The molecule has 7 heteroatoms. The average molecular weight is 645 g/mol. The fourth-order valence-corrected chi connectivity index (χ4v) is 12.7. The fourth-order valence-electron chi connectivity index (χ4n) is 6.88. The minimum absolute atomic E-state index is 0.0135. The van der Waals surface area contributed by atoms with E-state index in [-0.39, 0.29) is 24.2 Å². The molecular formula is C38H49O5PSi. The number of aryl methyl sites for hydroxylation is 2. The Morgan fingerprint density at radius 1 is 0.978 bits per heavy atom. The predicted molar refractivity (Wildman–Crippen MR) is 188 cm³/mol. The van der Waals surface area contributed by atoms with Gasteiger partial charge in [-0.25, -0.2) is 0 Å².